The third-order valence-corrected chi connectivity index (χ3v) is 9.99. The van der Waals surface area contributed by atoms with Crippen molar-refractivity contribution < 1.29 is 14.0 Å². The summed E-state index contributed by atoms with van der Waals surface area (Å²) in [7, 11) is -0.285. The van der Waals surface area contributed by atoms with Gasteiger partial charge in [-0.15, -0.1) is 0 Å². The predicted octanol–water partition coefficient (Wildman–Crippen LogP) is 5.58. The Bertz CT molecular complexity index is 834. The standard InChI is InChI=1S/C22H29NO3Si/c1-22(2,3)27(5,6)26-17-11-9-16(10-12-17)20(24)19-14-13-18(15-7-8-15)21(23-19)25-4/h9-15H,7-8H2,1-6H3. The lowest BCUT2D eigenvalue weighted by molar-refractivity contribution is 0.103. The number of hydrogen-bond acceptors (Lipinski definition) is 4. The SMILES string of the molecule is COc1nc(C(=O)c2ccc(O[Si](C)(C)C(C)(C)C)cc2)ccc1C1CC1. The lowest BCUT2D eigenvalue weighted by Gasteiger charge is -2.36. The zero-order valence-electron chi connectivity index (χ0n) is 17.1. The third-order valence-electron chi connectivity index (χ3n) is 5.63. The number of carbonyl (C=O) groups is 1. The molecule has 0 bridgehead atoms. The number of nitrogens with zero attached hydrogens (tertiary/aromatic N) is 1. The summed E-state index contributed by atoms with van der Waals surface area (Å²) in [6, 6.07) is 11.2. The van der Waals surface area contributed by atoms with Gasteiger partial charge in [0.25, 0.3) is 0 Å². The van der Waals surface area contributed by atoms with Crippen molar-refractivity contribution in [3.8, 4) is 11.6 Å². The Labute approximate surface area is 163 Å². The van der Waals surface area contributed by atoms with Gasteiger partial charge in [-0.25, -0.2) is 4.98 Å². The second-order valence-corrected chi connectivity index (χ2v) is 13.5. The lowest BCUT2D eigenvalue weighted by Crippen LogP contribution is -2.43. The van der Waals surface area contributed by atoms with Gasteiger partial charge in [0.05, 0.1) is 7.11 Å². The molecule has 1 fully saturated rings. The van der Waals surface area contributed by atoms with Crippen molar-refractivity contribution in [2.24, 2.45) is 0 Å². The van der Waals surface area contributed by atoms with E-state index in [1.807, 2.05) is 30.3 Å². The van der Waals surface area contributed by atoms with Crippen molar-refractivity contribution in [1.29, 1.82) is 0 Å². The number of pyridine rings is 1. The Morgan fingerprint density at radius 3 is 2.22 bits per heavy atom. The molecule has 1 aromatic heterocycles. The Kier molecular flexibility index (Phi) is 5.17. The van der Waals surface area contributed by atoms with E-state index < -0.39 is 8.32 Å². The highest BCUT2D eigenvalue weighted by Gasteiger charge is 2.39. The van der Waals surface area contributed by atoms with Crippen molar-refractivity contribution in [2.45, 2.75) is 57.7 Å². The summed E-state index contributed by atoms with van der Waals surface area (Å²) in [5.74, 6) is 1.81. The average molecular weight is 384 g/mol. The largest absolute Gasteiger partial charge is 0.544 e. The molecule has 0 N–H and O–H groups in total. The molecule has 0 saturated heterocycles. The van der Waals surface area contributed by atoms with E-state index in [1.165, 1.54) is 12.8 Å². The maximum absolute atomic E-state index is 12.8. The lowest BCUT2D eigenvalue weighted by atomic mass is 10.1. The highest BCUT2D eigenvalue weighted by atomic mass is 28.4. The van der Waals surface area contributed by atoms with Crippen LogP contribution in [0, 0.1) is 0 Å². The van der Waals surface area contributed by atoms with Crippen molar-refractivity contribution >= 4 is 14.1 Å². The van der Waals surface area contributed by atoms with Crippen LogP contribution in [0.25, 0.3) is 0 Å². The summed E-state index contributed by atoms with van der Waals surface area (Å²) < 4.78 is 11.7. The number of ether oxygens (including phenoxy) is 1. The van der Waals surface area contributed by atoms with E-state index in [1.54, 1.807) is 13.2 Å². The first kappa shape index (κ1) is 19.6. The van der Waals surface area contributed by atoms with Gasteiger partial charge in [-0.3, -0.25) is 4.79 Å². The van der Waals surface area contributed by atoms with Crippen molar-refractivity contribution in [2.75, 3.05) is 7.11 Å². The topological polar surface area (TPSA) is 48.4 Å². The monoisotopic (exact) mass is 383 g/mol. The molecule has 1 aromatic carbocycles. The van der Waals surface area contributed by atoms with Crippen molar-refractivity contribution in [3.63, 3.8) is 0 Å². The molecule has 2 aromatic rings. The number of rotatable bonds is 6. The smallest absolute Gasteiger partial charge is 0.250 e. The Morgan fingerprint density at radius 2 is 1.70 bits per heavy atom. The Hall–Kier alpha value is -2.14. The summed E-state index contributed by atoms with van der Waals surface area (Å²) in [5, 5.41) is 0.130. The molecule has 0 radical (unpaired) electrons. The number of aromatic nitrogens is 1. The highest BCUT2D eigenvalue weighted by molar-refractivity contribution is 6.74. The summed E-state index contributed by atoms with van der Waals surface area (Å²) in [6.45, 7) is 11.1. The number of methoxy groups -OCH3 is 1. The number of carbonyl (C=O) groups excluding carboxylic acids is 1. The zero-order valence-corrected chi connectivity index (χ0v) is 18.1. The van der Waals surface area contributed by atoms with Crippen LogP contribution >= 0.6 is 0 Å². The molecule has 4 nitrogen and oxygen atoms in total. The van der Waals surface area contributed by atoms with Crippen LogP contribution in [-0.2, 0) is 0 Å². The van der Waals surface area contributed by atoms with Crippen LogP contribution in [0.15, 0.2) is 36.4 Å². The molecule has 1 saturated carbocycles. The van der Waals surface area contributed by atoms with E-state index in [-0.39, 0.29) is 10.8 Å². The first-order valence-electron chi connectivity index (χ1n) is 9.51. The van der Waals surface area contributed by atoms with Gasteiger partial charge in [0.1, 0.15) is 11.4 Å². The van der Waals surface area contributed by atoms with Crippen LogP contribution in [-0.4, -0.2) is 26.2 Å². The molecule has 1 aliphatic carbocycles. The first-order valence-corrected chi connectivity index (χ1v) is 12.4. The van der Waals surface area contributed by atoms with Crippen molar-refractivity contribution in [3.05, 3.63) is 53.2 Å². The van der Waals surface area contributed by atoms with E-state index in [0.29, 0.717) is 23.1 Å². The van der Waals surface area contributed by atoms with E-state index in [9.17, 15) is 4.79 Å². The van der Waals surface area contributed by atoms with Gasteiger partial charge >= 0.3 is 0 Å². The third kappa shape index (κ3) is 4.24. The fourth-order valence-electron chi connectivity index (χ4n) is 2.72. The second kappa shape index (κ2) is 7.11. The van der Waals surface area contributed by atoms with Crippen LogP contribution < -0.4 is 9.16 Å². The highest BCUT2D eigenvalue weighted by Crippen LogP contribution is 2.43. The van der Waals surface area contributed by atoms with E-state index >= 15 is 0 Å². The molecule has 144 valence electrons. The molecular weight excluding hydrogens is 354 g/mol. The van der Waals surface area contributed by atoms with Gasteiger partial charge in [0.2, 0.25) is 20.0 Å². The Morgan fingerprint density at radius 1 is 1.07 bits per heavy atom. The van der Waals surface area contributed by atoms with Crippen LogP contribution in [0.2, 0.25) is 18.1 Å². The molecule has 27 heavy (non-hydrogen) atoms. The van der Waals surface area contributed by atoms with E-state index in [4.69, 9.17) is 9.16 Å². The number of benzene rings is 1. The summed E-state index contributed by atoms with van der Waals surface area (Å²) in [5.41, 5.74) is 2.12. The second-order valence-electron chi connectivity index (χ2n) is 8.79. The first-order chi connectivity index (χ1) is 12.6. The quantitative estimate of drug-likeness (QED) is 0.482. The molecule has 3 rings (SSSR count). The molecule has 0 aliphatic heterocycles. The molecule has 0 unspecified atom stereocenters. The summed E-state index contributed by atoms with van der Waals surface area (Å²) >= 11 is 0. The minimum absolute atomic E-state index is 0.102. The fourth-order valence-corrected chi connectivity index (χ4v) is 3.75. The van der Waals surface area contributed by atoms with Gasteiger partial charge in [-0.1, -0.05) is 26.8 Å². The van der Waals surface area contributed by atoms with Crippen LogP contribution in [0.3, 0.4) is 0 Å². The minimum Gasteiger partial charge on any atom is -0.544 e. The molecule has 1 heterocycles. The molecular formula is C22H29NO3Si. The molecule has 5 heteroatoms. The maximum atomic E-state index is 12.8. The maximum Gasteiger partial charge on any atom is 0.250 e. The van der Waals surface area contributed by atoms with Gasteiger partial charge in [0.15, 0.2) is 0 Å². The van der Waals surface area contributed by atoms with Gasteiger partial charge in [-0.05, 0) is 67.2 Å². The minimum atomic E-state index is -1.89. The van der Waals surface area contributed by atoms with E-state index in [0.717, 1.165) is 11.3 Å². The number of hydrogen-bond donors (Lipinski definition) is 0. The van der Waals surface area contributed by atoms with Gasteiger partial charge < -0.3 is 9.16 Å². The summed E-state index contributed by atoms with van der Waals surface area (Å²) in [6.07, 6.45) is 2.34. The normalized spacial score (nSPS) is 14.7. The zero-order chi connectivity index (χ0) is 19.8. The molecule has 0 spiro atoms. The summed E-state index contributed by atoms with van der Waals surface area (Å²) in [4.78, 5) is 17.3. The van der Waals surface area contributed by atoms with Gasteiger partial charge in [0, 0.05) is 11.1 Å². The molecule has 0 atom stereocenters. The van der Waals surface area contributed by atoms with Crippen LogP contribution in [0.1, 0.15) is 61.1 Å². The van der Waals surface area contributed by atoms with Crippen molar-refractivity contribution in [1.82, 2.24) is 4.98 Å². The van der Waals surface area contributed by atoms with E-state index in [2.05, 4.69) is 38.8 Å². The molecule has 1 aliphatic rings. The predicted molar refractivity (Wildman–Crippen MR) is 110 cm³/mol. The van der Waals surface area contributed by atoms with Crippen LogP contribution in [0.5, 0.6) is 11.6 Å². The number of ketones is 1. The van der Waals surface area contributed by atoms with Gasteiger partial charge in [-0.2, -0.15) is 0 Å². The average Bonchev–Trinajstić information content (AvgIpc) is 3.45. The fraction of sp³-hybridized carbons (Fsp3) is 0.455. The Balaban J connectivity index is 1.78. The molecule has 0 amide bonds. The van der Waals surface area contributed by atoms with Crippen LogP contribution in [0.4, 0.5) is 0 Å².